The van der Waals surface area contributed by atoms with Crippen LogP contribution in [0.5, 0.6) is 0 Å². The largest absolute Gasteiger partial charge is 0.272 e. The van der Waals surface area contributed by atoms with Gasteiger partial charge in [-0.1, -0.05) is 42.5 Å². The first kappa shape index (κ1) is 12.3. The normalized spacial score (nSPS) is 36.8. The van der Waals surface area contributed by atoms with Crippen molar-refractivity contribution >= 4 is 18.0 Å². The van der Waals surface area contributed by atoms with Gasteiger partial charge in [-0.3, -0.25) is 9.59 Å². The molecule has 3 aliphatic carbocycles. The third-order valence-electron chi connectivity index (χ3n) is 5.95. The molecule has 22 heavy (non-hydrogen) atoms. The van der Waals surface area contributed by atoms with Gasteiger partial charge in [-0.05, 0) is 35.7 Å². The molecule has 1 aromatic carbocycles. The summed E-state index contributed by atoms with van der Waals surface area (Å²) < 4.78 is 0. The lowest BCUT2D eigenvalue weighted by atomic mass is 9.85. The van der Waals surface area contributed by atoms with Crippen LogP contribution in [0, 0.1) is 29.1 Å². The first-order valence-corrected chi connectivity index (χ1v) is 7.87. The van der Waals surface area contributed by atoms with Crippen LogP contribution in [0.3, 0.4) is 0 Å². The van der Waals surface area contributed by atoms with Gasteiger partial charge in [0, 0.05) is 0 Å². The summed E-state index contributed by atoms with van der Waals surface area (Å²) in [5, 5.41) is 5.30. The second-order valence-corrected chi connectivity index (χ2v) is 6.86. The van der Waals surface area contributed by atoms with Crippen LogP contribution in [-0.4, -0.2) is 23.0 Å². The Hall–Kier alpha value is -2.23. The third kappa shape index (κ3) is 1.35. The third-order valence-corrected chi connectivity index (χ3v) is 5.95. The highest BCUT2D eigenvalue weighted by Crippen LogP contribution is 2.73. The molecular weight excluding hydrogens is 276 g/mol. The number of nitrogens with zero attached hydrogens (tertiary/aromatic N) is 2. The van der Waals surface area contributed by atoms with E-state index in [2.05, 4.69) is 17.3 Å². The molecule has 2 bridgehead atoms. The van der Waals surface area contributed by atoms with Crippen molar-refractivity contribution in [2.45, 2.75) is 12.8 Å². The van der Waals surface area contributed by atoms with E-state index < -0.39 is 0 Å². The Bertz CT molecular complexity index is 699. The molecule has 3 fully saturated rings. The van der Waals surface area contributed by atoms with Crippen LogP contribution in [0.1, 0.15) is 18.4 Å². The number of carbonyl (C=O) groups excluding carboxylic acids is 2. The number of imide groups is 1. The fourth-order valence-electron chi connectivity index (χ4n) is 4.84. The Labute approximate surface area is 128 Å². The molecular formula is C18H16N2O2. The van der Waals surface area contributed by atoms with Crippen molar-refractivity contribution in [3.8, 4) is 0 Å². The number of hydrogen-bond donors (Lipinski definition) is 0. The minimum atomic E-state index is -0.169. The van der Waals surface area contributed by atoms with Crippen molar-refractivity contribution in [3.63, 3.8) is 0 Å². The molecule has 4 heteroatoms. The second-order valence-electron chi connectivity index (χ2n) is 6.86. The highest BCUT2D eigenvalue weighted by Gasteiger charge is 2.73. The number of hydrazone groups is 1. The van der Waals surface area contributed by atoms with Gasteiger partial charge >= 0.3 is 0 Å². The van der Waals surface area contributed by atoms with E-state index >= 15 is 0 Å². The Morgan fingerprint density at radius 1 is 1.00 bits per heavy atom. The van der Waals surface area contributed by atoms with Gasteiger partial charge in [-0.2, -0.15) is 10.1 Å². The standard InChI is InChI=1S/C18H16N2O2/c21-16-14-12-6-7-13(18(12)8-9-18)15(14)17(22)20(16)19-10-11-4-2-1-3-5-11/h1-7,10,12-15H,8-9H2/b19-10-/t12-,13-,14-,15+/m0/s1. The van der Waals surface area contributed by atoms with Crippen molar-refractivity contribution in [2.75, 3.05) is 0 Å². The number of fused-ring (bicyclic) bond motifs is 3. The van der Waals surface area contributed by atoms with E-state index in [-0.39, 0.29) is 40.9 Å². The summed E-state index contributed by atoms with van der Waals surface area (Å²) in [5.74, 6) is -0.0294. The van der Waals surface area contributed by atoms with Crippen molar-refractivity contribution < 1.29 is 9.59 Å². The van der Waals surface area contributed by atoms with Crippen molar-refractivity contribution in [1.82, 2.24) is 5.01 Å². The van der Waals surface area contributed by atoms with Crippen LogP contribution in [0.2, 0.25) is 0 Å². The zero-order valence-electron chi connectivity index (χ0n) is 12.1. The lowest BCUT2D eigenvalue weighted by molar-refractivity contribution is -0.141. The highest BCUT2D eigenvalue weighted by molar-refractivity contribution is 6.07. The van der Waals surface area contributed by atoms with Gasteiger partial charge in [-0.15, -0.1) is 0 Å². The average Bonchev–Trinajstić information content (AvgIpc) is 3.14. The Balaban J connectivity index is 1.46. The minimum absolute atomic E-state index is 0.106. The van der Waals surface area contributed by atoms with Crippen LogP contribution < -0.4 is 0 Å². The summed E-state index contributed by atoms with van der Waals surface area (Å²) >= 11 is 0. The van der Waals surface area contributed by atoms with Gasteiger partial charge in [-0.25, -0.2) is 0 Å². The molecule has 1 spiro atoms. The van der Waals surface area contributed by atoms with E-state index in [1.807, 2.05) is 30.3 Å². The molecule has 4 atom stereocenters. The first-order valence-electron chi connectivity index (χ1n) is 7.87. The smallest absolute Gasteiger partial charge is 0.254 e. The molecule has 1 aliphatic heterocycles. The van der Waals surface area contributed by atoms with Crippen LogP contribution >= 0.6 is 0 Å². The molecule has 2 saturated carbocycles. The number of hydrogen-bond acceptors (Lipinski definition) is 3. The van der Waals surface area contributed by atoms with Gasteiger partial charge in [0.15, 0.2) is 0 Å². The molecule has 2 amide bonds. The van der Waals surface area contributed by atoms with Crippen LogP contribution in [0.4, 0.5) is 0 Å². The number of rotatable bonds is 2. The van der Waals surface area contributed by atoms with Gasteiger partial charge in [0.2, 0.25) is 0 Å². The fourth-order valence-corrected chi connectivity index (χ4v) is 4.84. The molecule has 1 saturated heterocycles. The fraction of sp³-hybridized carbons (Fsp3) is 0.389. The van der Waals surface area contributed by atoms with E-state index in [1.165, 1.54) is 0 Å². The zero-order valence-corrected chi connectivity index (χ0v) is 12.1. The summed E-state index contributed by atoms with van der Waals surface area (Å²) in [6, 6.07) is 9.54. The maximum atomic E-state index is 12.7. The van der Waals surface area contributed by atoms with Gasteiger partial charge in [0.05, 0.1) is 18.1 Å². The SMILES string of the molecule is O=C1[C@@H]2[C@H](C(=O)N1/N=C\c1ccccc1)[C@@H]1C=C[C@@H]2C12CC2. The van der Waals surface area contributed by atoms with Crippen LogP contribution in [0.25, 0.3) is 0 Å². The molecule has 0 unspecified atom stereocenters. The first-order chi connectivity index (χ1) is 10.7. The Morgan fingerprint density at radius 2 is 1.59 bits per heavy atom. The quantitative estimate of drug-likeness (QED) is 0.477. The Kier molecular flexibility index (Phi) is 2.21. The monoisotopic (exact) mass is 292 g/mol. The Morgan fingerprint density at radius 3 is 2.14 bits per heavy atom. The van der Waals surface area contributed by atoms with E-state index in [4.69, 9.17) is 0 Å². The summed E-state index contributed by atoms with van der Waals surface area (Å²) in [5.41, 5.74) is 1.13. The predicted molar refractivity (Wildman–Crippen MR) is 80.7 cm³/mol. The maximum absolute atomic E-state index is 12.7. The number of benzene rings is 1. The molecule has 110 valence electrons. The lowest BCUT2D eigenvalue weighted by Crippen LogP contribution is -2.30. The molecule has 4 nitrogen and oxygen atoms in total. The number of allylic oxidation sites excluding steroid dienone is 2. The van der Waals surface area contributed by atoms with E-state index in [0.717, 1.165) is 23.4 Å². The summed E-state index contributed by atoms with van der Waals surface area (Å²) in [7, 11) is 0. The molecule has 0 N–H and O–H groups in total. The van der Waals surface area contributed by atoms with Gasteiger partial charge in [0.1, 0.15) is 0 Å². The van der Waals surface area contributed by atoms with Crippen LogP contribution in [0.15, 0.2) is 47.6 Å². The molecule has 0 aromatic heterocycles. The summed E-state index contributed by atoms with van der Waals surface area (Å²) in [4.78, 5) is 25.4. The van der Waals surface area contributed by atoms with Crippen molar-refractivity contribution in [3.05, 3.63) is 48.0 Å². The number of carbonyl (C=O) groups is 2. The summed E-state index contributed by atoms with van der Waals surface area (Å²) in [6.45, 7) is 0. The predicted octanol–water partition coefficient (Wildman–Crippen LogP) is 2.22. The molecule has 4 aliphatic rings. The molecule has 0 radical (unpaired) electrons. The average molecular weight is 292 g/mol. The van der Waals surface area contributed by atoms with Gasteiger partial charge in [0.25, 0.3) is 11.8 Å². The van der Waals surface area contributed by atoms with E-state index in [1.54, 1.807) is 6.21 Å². The van der Waals surface area contributed by atoms with Crippen molar-refractivity contribution in [2.24, 2.45) is 34.2 Å². The topological polar surface area (TPSA) is 49.7 Å². The van der Waals surface area contributed by atoms with E-state index in [0.29, 0.717) is 0 Å². The lowest BCUT2D eigenvalue weighted by Gasteiger charge is -2.18. The number of amides is 2. The van der Waals surface area contributed by atoms with Crippen LogP contribution in [-0.2, 0) is 9.59 Å². The molecule has 1 heterocycles. The van der Waals surface area contributed by atoms with E-state index in [9.17, 15) is 9.59 Å². The summed E-state index contributed by atoms with van der Waals surface area (Å²) in [6.07, 6.45) is 8.27. The van der Waals surface area contributed by atoms with Gasteiger partial charge < -0.3 is 0 Å². The maximum Gasteiger partial charge on any atom is 0.254 e. The minimum Gasteiger partial charge on any atom is -0.272 e. The zero-order chi connectivity index (χ0) is 14.9. The highest BCUT2D eigenvalue weighted by atomic mass is 16.2. The van der Waals surface area contributed by atoms with Crippen molar-refractivity contribution in [1.29, 1.82) is 0 Å². The second kappa shape index (κ2) is 3.94. The molecule has 5 rings (SSSR count). The molecule has 1 aromatic rings.